The fraction of sp³-hybridized carbons (Fsp3) is 0.143. The maximum Gasteiger partial charge on any atom is 0.332 e. The maximum atomic E-state index is 13.6. The van der Waals surface area contributed by atoms with Crippen molar-refractivity contribution >= 4 is 28.9 Å². The molecule has 2 aliphatic rings. The zero-order chi connectivity index (χ0) is 25.1. The van der Waals surface area contributed by atoms with Crippen LogP contribution in [0.3, 0.4) is 0 Å². The average molecular weight is 498 g/mol. The number of Topliss-reactive ketones (excluding diaryl/α,β-unsaturated/α-hetero) is 1. The van der Waals surface area contributed by atoms with Crippen LogP contribution in [0.1, 0.15) is 33.0 Å². The Morgan fingerprint density at radius 2 is 1.53 bits per heavy atom. The number of rotatable bonds is 3. The molecular weight excluding hydrogens is 478 g/mol. The highest BCUT2D eigenvalue weighted by atomic mass is 35.5. The minimum Gasteiger partial charge on any atom is -0.457 e. The molecule has 2 unspecified atom stereocenters. The molecule has 178 valence electrons. The number of fused-ring (bicyclic) bond motifs is 4. The lowest BCUT2D eigenvalue weighted by atomic mass is 9.76. The Morgan fingerprint density at radius 1 is 0.806 bits per heavy atom. The van der Waals surface area contributed by atoms with E-state index in [4.69, 9.17) is 21.3 Å². The van der Waals surface area contributed by atoms with E-state index >= 15 is 0 Å². The molecule has 0 saturated heterocycles. The lowest BCUT2D eigenvalue weighted by molar-refractivity contribution is 0.0953. The predicted molar refractivity (Wildman–Crippen MR) is 137 cm³/mol. The minimum atomic E-state index is -0.667. The number of hydrogen-bond acceptors (Lipinski definition) is 5. The van der Waals surface area contributed by atoms with Crippen molar-refractivity contribution in [2.75, 3.05) is 0 Å². The highest BCUT2D eigenvalue weighted by molar-refractivity contribution is 6.31. The van der Waals surface area contributed by atoms with Gasteiger partial charge in [-0.05, 0) is 35.9 Å². The van der Waals surface area contributed by atoms with Gasteiger partial charge in [0.05, 0.1) is 17.2 Å². The van der Waals surface area contributed by atoms with Gasteiger partial charge in [-0.2, -0.15) is 0 Å². The van der Waals surface area contributed by atoms with Crippen LogP contribution in [0.4, 0.5) is 5.82 Å². The molecule has 36 heavy (non-hydrogen) atoms. The van der Waals surface area contributed by atoms with E-state index < -0.39 is 23.1 Å². The fourth-order valence-corrected chi connectivity index (χ4v) is 5.32. The zero-order valence-electron chi connectivity index (χ0n) is 19.4. The second-order valence-corrected chi connectivity index (χ2v) is 9.37. The first kappa shape index (κ1) is 22.2. The first-order valence-corrected chi connectivity index (χ1v) is 11.8. The van der Waals surface area contributed by atoms with E-state index in [1.165, 1.54) is 11.6 Å². The lowest BCUT2D eigenvalue weighted by Crippen LogP contribution is -2.43. The Morgan fingerprint density at radius 3 is 2.25 bits per heavy atom. The van der Waals surface area contributed by atoms with Crippen molar-refractivity contribution in [3.63, 3.8) is 0 Å². The third kappa shape index (κ3) is 3.27. The minimum absolute atomic E-state index is 0.0878. The van der Waals surface area contributed by atoms with Gasteiger partial charge in [-0.25, -0.2) is 9.79 Å². The highest BCUT2D eigenvalue weighted by Gasteiger charge is 2.47. The molecule has 2 heterocycles. The zero-order valence-corrected chi connectivity index (χ0v) is 20.2. The van der Waals surface area contributed by atoms with Gasteiger partial charge in [0.15, 0.2) is 5.78 Å². The number of aromatic nitrogens is 2. The first-order valence-electron chi connectivity index (χ1n) is 11.4. The normalized spacial score (nSPS) is 17.8. The summed E-state index contributed by atoms with van der Waals surface area (Å²) in [6.07, 6.45) is 0. The van der Waals surface area contributed by atoms with E-state index in [9.17, 15) is 14.4 Å². The van der Waals surface area contributed by atoms with Gasteiger partial charge >= 0.3 is 5.69 Å². The van der Waals surface area contributed by atoms with Crippen molar-refractivity contribution in [1.29, 1.82) is 0 Å². The Balaban J connectivity index is 1.52. The summed E-state index contributed by atoms with van der Waals surface area (Å²) in [7, 11) is 3.03. The molecule has 0 saturated carbocycles. The van der Waals surface area contributed by atoms with Crippen LogP contribution in [0.25, 0.3) is 0 Å². The molecular formula is C28H20ClN3O4. The van der Waals surface area contributed by atoms with Crippen LogP contribution in [0.5, 0.6) is 11.5 Å². The van der Waals surface area contributed by atoms with E-state index in [2.05, 4.69) is 0 Å². The molecule has 1 aliphatic heterocycles. The number of carbonyl (C=O) groups is 1. The van der Waals surface area contributed by atoms with Crippen LogP contribution < -0.4 is 16.0 Å². The Kier molecular flexibility index (Phi) is 5.05. The topological polar surface area (TPSA) is 82.7 Å². The summed E-state index contributed by atoms with van der Waals surface area (Å²) in [6, 6.07) is 21.7. The van der Waals surface area contributed by atoms with E-state index in [0.29, 0.717) is 33.4 Å². The molecule has 0 bridgehead atoms. The van der Waals surface area contributed by atoms with Crippen molar-refractivity contribution in [2.45, 2.75) is 5.92 Å². The second-order valence-electron chi connectivity index (χ2n) is 8.93. The molecule has 4 aromatic rings. The molecule has 0 N–H and O–H groups in total. The summed E-state index contributed by atoms with van der Waals surface area (Å²) in [5, 5.41) is 0.565. The molecule has 0 radical (unpaired) electrons. The summed E-state index contributed by atoms with van der Waals surface area (Å²) in [6.45, 7) is 0. The number of aliphatic imine (C=N–C) groups is 1. The highest BCUT2D eigenvalue weighted by Crippen LogP contribution is 2.46. The maximum absolute atomic E-state index is 13.6. The monoisotopic (exact) mass is 497 g/mol. The summed E-state index contributed by atoms with van der Waals surface area (Å²) in [5.74, 6) is 0.0921. The van der Waals surface area contributed by atoms with E-state index in [1.807, 2.05) is 30.3 Å². The van der Waals surface area contributed by atoms with Crippen molar-refractivity contribution in [2.24, 2.45) is 25.0 Å². The number of nitrogens with zero attached hydrogens (tertiary/aromatic N) is 3. The molecule has 3 aromatic carbocycles. The molecule has 0 fully saturated rings. The lowest BCUT2D eigenvalue weighted by Gasteiger charge is -2.30. The van der Waals surface area contributed by atoms with Crippen LogP contribution in [-0.2, 0) is 14.1 Å². The molecule has 7 nitrogen and oxygen atoms in total. The Hall–Kier alpha value is -4.23. The van der Waals surface area contributed by atoms with Crippen molar-refractivity contribution in [1.82, 2.24) is 9.13 Å². The number of halogens is 1. The number of carbonyl (C=O) groups excluding carboxylic acids is 1. The quantitative estimate of drug-likeness (QED) is 0.414. The van der Waals surface area contributed by atoms with Gasteiger partial charge < -0.3 is 4.74 Å². The third-order valence-electron chi connectivity index (χ3n) is 6.85. The average Bonchev–Trinajstić information content (AvgIpc) is 3.17. The standard InChI is InChI=1S/C28H20ClN3O4/c1-31-26-23(27(34)32(2)28(31)35)21(22-24(30-26)19-8-3-4-9-20(19)25(22)33)15-10-12-17(13-11-15)36-18-7-5-6-16(29)14-18/h3-14,21-22H,1-2H3. The van der Waals surface area contributed by atoms with Crippen molar-refractivity contribution in [3.8, 4) is 11.5 Å². The molecule has 0 spiro atoms. The number of ether oxygens (including phenoxy) is 1. The summed E-state index contributed by atoms with van der Waals surface area (Å²) < 4.78 is 8.36. The summed E-state index contributed by atoms with van der Waals surface area (Å²) >= 11 is 6.06. The molecule has 8 heteroatoms. The van der Waals surface area contributed by atoms with E-state index in [-0.39, 0.29) is 11.6 Å². The van der Waals surface area contributed by atoms with Crippen molar-refractivity contribution in [3.05, 3.63) is 121 Å². The van der Waals surface area contributed by atoms with Gasteiger partial charge in [0, 0.05) is 36.2 Å². The number of ketones is 1. The van der Waals surface area contributed by atoms with Gasteiger partial charge in [0.1, 0.15) is 17.3 Å². The van der Waals surface area contributed by atoms with Gasteiger partial charge in [0.25, 0.3) is 5.56 Å². The van der Waals surface area contributed by atoms with Crippen molar-refractivity contribution < 1.29 is 9.53 Å². The van der Waals surface area contributed by atoms with Crippen LogP contribution in [-0.4, -0.2) is 20.6 Å². The van der Waals surface area contributed by atoms with Crippen LogP contribution in [0.15, 0.2) is 87.4 Å². The molecule has 2 atom stereocenters. The Labute approximate surface area is 210 Å². The molecule has 1 aromatic heterocycles. The van der Waals surface area contributed by atoms with Gasteiger partial charge in [-0.1, -0.05) is 54.1 Å². The second kappa shape index (κ2) is 8.17. The summed E-state index contributed by atoms with van der Waals surface area (Å²) in [5.41, 5.74) is 2.05. The smallest absolute Gasteiger partial charge is 0.332 e. The van der Waals surface area contributed by atoms with Crippen LogP contribution >= 0.6 is 11.6 Å². The van der Waals surface area contributed by atoms with Crippen LogP contribution in [0, 0.1) is 5.92 Å². The summed E-state index contributed by atoms with van der Waals surface area (Å²) in [4.78, 5) is 44.5. The third-order valence-corrected chi connectivity index (χ3v) is 7.09. The van der Waals surface area contributed by atoms with Gasteiger partial charge in [-0.3, -0.25) is 18.7 Å². The molecule has 0 amide bonds. The van der Waals surface area contributed by atoms with Crippen LogP contribution in [0.2, 0.25) is 5.02 Å². The fourth-order valence-electron chi connectivity index (χ4n) is 5.14. The van der Waals surface area contributed by atoms with Gasteiger partial charge in [0.2, 0.25) is 0 Å². The van der Waals surface area contributed by atoms with E-state index in [1.54, 1.807) is 49.5 Å². The predicted octanol–water partition coefficient (Wildman–Crippen LogP) is 4.61. The first-order chi connectivity index (χ1) is 17.3. The number of hydrogen-bond donors (Lipinski definition) is 0. The molecule has 6 rings (SSSR count). The van der Waals surface area contributed by atoms with Gasteiger partial charge in [-0.15, -0.1) is 0 Å². The number of benzene rings is 3. The Bertz CT molecular complexity index is 1720. The largest absolute Gasteiger partial charge is 0.457 e. The van der Waals surface area contributed by atoms with E-state index in [0.717, 1.165) is 15.7 Å². The SMILES string of the molecule is Cn1c2c(c(=O)n(C)c1=O)C(c1ccc(Oc3cccc(Cl)c3)cc1)C1C(=O)c3ccccc3C1=N2. The molecule has 1 aliphatic carbocycles.